The third-order valence-electron chi connectivity index (χ3n) is 6.60. The Labute approximate surface area is 223 Å². The molecule has 0 bridgehead atoms. The van der Waals surface area contributed by atoms with Crippen molar-refractivity contribution in [3.63, 3.8) is 0 Å². The van der Waals surface area contributed by atoms with E-state index >= 15 is 0 Å². The highest BCUT2D eigenvalue weighted by molar-refractivity contribution is 7.80. The number of hydrogen-bond acceptors (Lipinski definition) is 5. The number of rotatable bonds is 8. The van der Waals surface area contributed by atoms with E-state index in [2.05, 4.69) is 48.7 Å². The Morgan fingerprint density at radius 1 is 0.784 bits per heavy atom. The van der Waals surface area contributed by atoms with Gasteiger partial charge in [-0.05, 0) is 75.7 Å². The molecule has 194 valence electrons. The van der Waals surface area contributed by atoms with Gasteiger partial charge in [-0.1, -0.05) is 30.3 Å². The minimum absolute atomic E-state index is 0.499. The summed E-state index contributed by atoms with van der Waals surface area (Å²) in [7, 11) is 3.27. The molecule has 0 aliphatic heterocycles. The molecule has 0 amide bonds. The zero-order valence-electron chi connectivity index (χ0n) is 22.5. The number of ether oxygens (including phenoxy) is 2. The molecule has 0 radical (unpaired) electrons. The molecule has 0 fully saturated rings. The Morgan fingerprint density at radius 3 is 1.92 bits per heavy atom. The maximum absolute atomic E-state index is 5.69. The lowest BCUT2D eigenvalue weighted by Gasteiger charge is -2.13. The average molecular weight is 519 g/mol. The molecule has 2 aromatic heterocycles. The molecule has 8 nitrogen and oxygen atoms in total. The average Bonchev–Trinajstić information content (AvgIpc) is 3.29. The number of hydrogen-bond donors (Lipinski definition) is 2. The first-order valence-electron chi connectivity index (χ1n) is 12.1. The standard InChI is InChI=1S/C28H34N6O2S/c1-17-10-8-9-11-23(17)16-34-21(5)27(19(3)32-34)30-28(37)29-26-18(2)31-33(20(26)4)15-22-12-13-24(35-6)25(14-22)36-7/h8-14H,15-16H2,1-7H3,(H2,29,30,37). The molecule has 0 aliphatic carbocycles. The SMILES string of the molecule is COc1ccc(Cn2nc(C)c(NC(=S)Nc3c(C)nn(Cc4ccccc4C)c3C)c2C)cc1OC. The van der Waals surface area contributed by atoms with Gasteiger partial charge in [0.2, 0.25) is 0 Å². The van der Waals surface area contributed by atoms with Gasteiger partial charge in [-0.25, -0.2) is 0 Å². The largest absolute Gasteiger partial charge is 0.493 e. The molecule has 9 heteroatoms. The van der Waals surface area contributed by atoms with E-state index in [0.29, 0.717) is 29.7 Å². The first kappa shape index (κ1) is 26.2. The Morgan fingerprint density at radius 2 is 1.35 bits per heavy atom. The highest BCUT2D eigenvalue weighted by atomic mass is 32.1. The molecule has 2 heterocycles. The molecule has 0 spiro atoms. The van der Waals surface area contributed by atoms with Gasteiger partial charge in [-0.3, -0.25) is 9.36 Å². The molecule has 2 aromatic carbocycles. The van der Waals surface area contributed by atoms with E-state index < -0.39 is 0 Å². The number of benzene rings is 2. The summed E-state index contributed by atoms with van der Waals surface area (Å²) in [6.07, 6.45) is 0. The van der Waals surface area contributed by atoms with E-state index in [1.165, 1.54) is 11.1 Å². The van der Waals surface area contributed by atoms with Crippen molar-refractivity contribution >= 4 is 28.7 Å². The molecule has 0 aliphatic rings. The van der Waals surface area contributed by atoms with Gasteiger partial charge in [-0.15, -0.1) is 0 Å². The number of thiocarbonyl (C=S) groups is 1. The Bertz CT molecular complexity index is 1440. The number of anilines is 2. The van der Waals surface area contributed by atoms with Crippen LogP contribution in [-0.4, -0.2) is 38.9 Å². The van der Waals surface area contributed by atoms with Crippen molar-refractivity contribution in [3.8, 4) is 11.5 Å². The fourth-order valence-electron chi connectivity index (χ4n) is 4.42. The molecule has 0 saturated carbocycles. The quantitative estimate of drug-likeness (QED) is 0.296. The molecule has 2 N–H and O–H groups in total. The van der Waals surface area contributed by atoms with Crippen molar-refractivity contribution in [1.29, 1.82) is 0 Å². The third kappa shape index (κ3) is 5.61. The second kappa shape index (κ2) is 11.0. The van der Waals surface area contributed by atoms with Crippen LogP contribution in [0.25, 0.3) is 0 Å². The zero-order chi connectivity index (χ0) is 26.7. The monoisotopic (exact) mass is 518 g/mol. The number of aryl methyl sites for hydroxylation is 3. The Kier molecular flexibility index (Phi) is 7.83. The van der Waals surface area contributed by atoms with Gasteiger partial charge in [0.05, 0.1) is 61.5 Å². The van der Waals surface area contributed by atoms with Gasteiger partial charge < -0.3 is 20.1 Å². The summed E-state index contributed by atoms with van der Waals surface area (Å²) >= 11 is 5.69. The number of nitrogens with one attached hydrogen (secondary N) is 2. The highest BCUT2D eigenvalue weighted by Gasteiger charge is 2.17. The second-order valence-corrected chi connectivity index (χ2v) is 9.51. The lowest BCUT2D eigenvalue weighted by atomic mass is 10.1. The van der Waals surface area contributed by atoms with Crippen molar-refractivity contribution < 1.29 is 9.47 Å². The minimum atomic E-state index is 0.499. The highest BCUT2D eigenvalue weighted by Crippen LogP contribution is 2.29. The summed E-state index contributed by atoms with van der Waals surface area (Å²) in [4.78, 5) is 0. The van der Waals surface area contributed by atoms with Crippen molar-refractivity contribution in [2.24, 2.45) is 0 Å². The molecule has 4 aromatic rings. The van der Waals surface area contributed by atoms with Crippen LogP contribution < -0.4 is 20.1 Å². The molecular weight excluding hydrogens is 484 g/mol. The van der Waals surface area contributed by atoms with Gasteiger partial charge in [0, 0.05) is 0 Å². The topological polar surface area (TPSA) is 78.2 Å². The Hall–Kier alpha value is -3.85. The van der Waals surface area contributed by atoms with E-state index in [0.717, 1.165) is 39.7 Å². The van der Waals surface area contributed by atoms with E-state index in [1.807, 2.05) is 48.3 Å². The summed E-state index contributed by atoms with van der Waals surface area (Å²) < 4.78 is 14.8. The summed E-state index contributed by atoms with van der Waals surface area (Å²) in [5.41, 5.74) is 9.13. The fraction of sp³-hybridized carbons (Fsp3) is 0.321. The van der Waals surface area contributed by atoms with Crippen molar-refractivity contribution in [1.82, 2.24) is 19.6 Å². The first-order valence-corrected chi connectivity index (χ1v) is 12.5. The summed E-state index contributed by atoms with van der Waals surface area (Å²) in [6, 6.07) is 14.2. The molecule has 0 saturated heterocycles. The molecular formula is C28H34N6O2S. The number of methoxy groups -OCH3 is 2. The molecule has 0 unspecified atom stereocenters. The predicted octanol–water partition coefficient (Wildman–Crippen LogP) is 5.54. The summed E-state index contributed by atoms with van der Waals surface area (Å²) in [5, 5.41) is 16.7. The minimum Gasteiger partial charge on any atom is -0.493 e. The lowest BCUT2D eigenvalue weighted by Crippen LogP contribution is -2.21. The number of nitrogens with zero attached hydrogens (tertiary/aromatic N) is 4. The molecule has 4 rings (SSSR count). The van der Waals surface area contributed by atoms with Crippen LogP contribution in [-0.2, 0) is 13.1 Å². The molecule has 0 atom stereocenters. The zero-order valence-corrected chi connectivity index (χ0v) is 23.3. The van der Waals surface area contributed by atoms with E-state index in [9.17, 15) is 0 Å². The molecule has 37 heavy (non-hydrogen) atoms. The summed E-state index contributed by atoms with van der Waals surface area (Å²) in [5.74, 6) is 1.39. The van der Waals surface area contributed by atoms with Crippen LogP contribution in [0.15, 0.2) is 42.5 Å². The lowest BCUT2D eigenvalue weighted by molar-refractivity contribution is 0.354. The maximum Gasteiger partial charge on any atom is 0.175 e. The summed E-state index contributed by atoms with van der Waals surface area (Å²) in [6.45, 7) is 11.5. The number of aromatic nitrogens is 4. The van der Waals surface area contributed by atoms with Gasteiger partial charge in [-0.2, -0.15) is 10.2 Å². The van der Waals surface area contributed by atoms with Crippen LogP contribution in [0.3, 0.4) is 0 Å². The predicted molar refractivity (Wildman–Crippen MR) is 152 cm³/mol. The van der Waals surface area contributed by atoms with Crippen LogP contribution in [0.4, 0.5) is 11.4 Å². The van der Waals surface area contributed by atoms with Gasteiger partial charge in [0.1, 0.15) is 0 Å². The van der Waals surface area contributed by atoms with Gasteiger partial charge >= 0.3 is 0 Å². The van der Waals surface area contributed by atoms with Crippen LogP contribution in [0, 0.1) is 34.6 Å². The Balaban J connectivity index is 1.48. The van der Waals surface area contributed by atoms with E-state index in [-0.39, 0.29) is 0 Å². The van der Waals surface area contributed by atoms with Crippen LogP contribution in [0.5, 0.6) is 11.5 Å². The van der Waals surface area contributed by atoms with Crippen LogP contribution in [0.2, 0.25) is 0 Å². The van der Waals surface area contributed by atoms with Crippen molar-refractivity contribution in [3.05, 3.63) is 81.9 Å². The van der Waals surface area contributed by atoms with Crippen LogP contribution >= 0.6 is 12.2 Å². The van der Waals surface area contributed by atoms with Crippen molar-refractivity contribution in [2.45, 2.75) is 47.7 Å². The van der Waals surface area contributed by atoms with E-state index in [4.69, 9.17) is 31.9 Å². The maximum atomic E-state index is 5.69. The first-order chi connectivity index (χ1) is 17.7. The second-order valence-electron chi connectivity index (χ2n) is 9.10. The van der Waals surface area contributed by atoms with Gasteiger partial charge in [0.25, 0.3) is 0 Å². The smallest absolute Gasteiger partial charge is 0.175 e. The van der Waals surface area contributed by atoms with Crippen molar-refractivity contribution in [2.75, 3.05) is 24.9 Å². The fourth-order valence-corrected chi connectivity index (χ4v) is 4.63. The normalized spacial score (nSPS) is 10.9. The van der Waals surface area contributed by atoms with Crippen LogP contribution in [0.1, 0.15) is 39.5 Å². The third-order valence-corrected chi connectivity index (χ3v) is 6.81. The van der Waals surface area contributed by atoms with Gasteiger partial charge in [0.15, 0.2) is 16.6 Å². The van der Waals surface area contributed by atoms with E-state index in [1.54, 1.807) is 14.2 Å².